The molecule has 1 aliphatic rings. The number of aliphatic imine (C=N–C) groups is 1. The summed E-state index contributed by atoms with van der Waals surface area (Å²) in [4.78, 5) is 7.12. The summed E-state index contributed by atoms with van der Waals surface area (Å²) < 4.78 is 20.7. The van der Waals surface area contributed by atoms with E-state index in [4.69, 9.17) is 9.73 Å². The Morgan fingerprint density at radius 2 is 1.94 bits per heavy atom. The van der Waals surface area contributed by atoms with Crippen LogP contribution in [-0.2, 0) is 24.8 Å². The molecule has 9 heteroatoms. The lowest BCUT2D eigenvalue weighted by Gasteiger charge is -2.26. The molecule has 1 aromatic heterocycles. The number of hydrogen-bond acceptors (Lipinski definition) is 5. The van der Waals surface area contributed by atoms with Crippen molar-refractivity contribution < 1.29 is 9.13 Å². The molecule has 3 rings (SSSR count). The maximum Gasteiger partial charge on any atom is 0.191 e. The first-order chi connectivity index (χ1) is 15.0. The van der Waals surface area contributed by atoms with Gasteiger partial charge in [0.2, 0.25) is 0 Å². The highest BCUT2D eigenvalue weighted by Gasteiger charge is 2.10. The highest BCUT2D eigenvalue weighted by Crippen LogP contribution is 2.10. The van der Waals surface area contributed by atoms with Crippen molar-refractivity contribution in [3.8, 4) is 0 Å². The van der Waals surface area contributed by atoms with Gasteiger partial charge in [0.15, 0.2) is 11.8 Å². The number of nitrogens with one attached hydrogen (secondary N) is 2. The van der Waals surface area contributed by atoms with Crippen LogP contribution in [0.5, 0.6) is 0 Å². The van der Waals surface area contributed by atoms with E-state index < -0.39 is 0 Å². The summed E-state index contributed by atoms with van der Waals surface area (Å²) in [5.41, 5.74) is 2.10. The summed E-state index contributed by atoms with van der Waals surface area (Å²) in [5.74, 6) is 2.24. The highest BCUT2D eigenvalue weighted by atomic mass is 19.1. The van der Waals surface area contributed by atoms with Crippen LogP contribution in [0.4, 0.5) is 4.39 Å². The van der Waals surface area contributed by atoms with Crippen molar-refractivity contribution in [2.75, 3.05) is 45.9 Å². The van der Waals surface area contributed by atoms with Crippen LogP contribution in [0.25, 0.3) is 0 Å². The van der Waals surface area contributed by atoms with Crippen molar-refractivity contribution >= 4 is 5.96 Å². The number of aryl methyl sites for hydroxylation is 2. The molecule has 1 fully saturated rings. The van der Waals surface area contributed by atoms with Crippen molar-refractivity contribution in [1.82, 2.24) is 30.3 Å². The zero-order valence-corrected chi connectivity index (χ0v) is 18.8. The third-order valence-corrected chi connectivity index (χ3v) is 5.60. The normalized spacial score (nSPS) is 15.3. The van der Waals surface area contributed by atoms with E-state index in [0.29, 0.717) is 13.1 Å². The summed E-state index contributed by atoms with van der Waals surface area (Å²) in [6.07, 6.45) is 1.82. The van der Waals surface area contributed by atoms with Crippen molar-refractivity contribution in [3.05, 3.63) is 46.8 Å². The van der Waals surface area contributed by atoms with Gasteiger partial charge in [0.25, 0.3) is 0 Å². The number of benzene rings is 1. The van der Waals surface area contributed by atoms with Gasteiger partial charge in [-0.05, 0) is 56.5 Å². The van der Waals surface area contributed by atoms with Crippen LogP contribution < -0.4 is 10.6 Å². The fourth-order valence-corrected chi connectivity index (χ4v) is 3.50. The lowest BCUT2D eigenvalue weighted by molar-refractivity contribution is 0.0376. The lowest BCUT2D eigenvalue weighted by atomic mass is 10.1. The minimum Gasteiger partial charge on any atom is -0.379 e. The third kappa shape index (κ3) is 7.29. The average molecular weight is 432 g/mol. The highest BCUT2D eigenvalue weighted by molar-refractivity contribution is 5.79. The topological polar surface area (TPSA) is 79.6 Å². The second-order valence-corrected chi connectivity index (χ2v) is 7.87. The Hall–Kier alpha value is -2.52. The van der Waals surface area contributed by atoms with Gasteiger partial charge in [0, 0.05) is 33.2 Å². The fraction of sp³-hybridized carbons (Fsp3) is 0.591. The molecule has 0 amide bonds. The van der Waals surface area contributed by atoms with Crippen LogP contribution in [-0.4, -0.2) is 71.6 Å². The molecule has 8 nitrogen and oxygen atoms in total. The van der Waals surface area contributed by atoms with Gasteiger partial charge in [0.05, 0.1) is 13.2 Å². The molecule has 0 aliphatic carbocycles. The van der Waals surface area contributed by atoms with Crippen LogP contribution in [0.15, 0.2) is 23.2 Å². The summed E-state index contributed by atoms with van der Waals surface area (Å²) in [6.45, 7) is 10.5. The van der Waals surface area contributed by atoms with Crippen molar-refractivity contribution in [2.24, 2.45) is 12.0 Å². The molecule has 170 valence electrons. The van der Waals surface area contributed by atoms with Gasteiger partial charge >= 0.3 is 0 Å². The molecule has 1 aromatic carbocycles. The van der Waals surface area contributed by atoms with Gasteiger partial charge in [-0.25, -0.2) is 9.38 Å². The van der Waals surface area contributed by atoms with E-state index in [-0.39, 0.29) is 5.82 Å². The Morgan fingerprint density at radius 3 is 2.65 bits per heavy atom. The van der Waals surface area contributed by atoms with E-state index in [9.17, 15) is 4.39 Å². The van der Waals surface area contributed by atoms with E-state index in [2.05, 4.69) is 25.7 Å². The molecule has 0 radical (unpaired) electrons. The molecule has 0 saturated carbocycles. The van der Waals surface area contributed by atoms with Gasteiger partial charge in [-0.1, -0.05) is 6.07 Å². The molecule has 2 heterocycles. The summed E-state index contributed by atoms with van der Waals surface area (Å²) >= 11 is 0. The molecule has 0 atom stereocenters. The Morgan fingerprint density at radius 1 is 1.16 bits per heavy atom. The van der Waals surface area contributed by atoms with E-state index in [1.54, 1.807) is 6.07 Å². The quantitative estimate of drug-likeness (QED) is 0.357. The monoisotopic (exact) mass is 431 g/mol. The maximum atomic E-state index is 13.3. The Labute approximate surface area is 183 Å². The maximum absolute atomic E-state index is 13.3. The largest absolute Gasteiger partial charge is 0.379 e. The number of halogens is 1. The summed E-state index contributed by atoms with van der Waals surface area (Å²) in [7, 11) is 1.94. The molecular formula is C22H34FN7O. The van der Waals surface area contributed by atoms with Crippen LogP contribution in [0.3, 0.4) is 0 Å². The van der Waals surface area contributed by atoms with Gasteiger partial charge in [-0.3, -0.25) is 4.90 Å². The number of guanidine groups is 1. The average Bonchev–Trinajstić information content (AvgIpc) is 3.09. The van der Waals surface area contributed by atoms with Crippen LogP contribution in [0.1, 0.15) is 29.2 Å². The zero-order valence-electron chi connectivity index (χ0n) is 18.8. The fourth-order valence-electron chi connectivity index (χ4n) is 3.50. The number of nitrogens with zero attached hydrogens (tertiary/aromatic N) is 5. The lowest BCUT2D eigenvalue weighted by Crippen LogP contribution is -2.41. The van der Waals surface area contributed by atoms with E-state index >= 15 is 0 Å². The van der Waals surface area contributed by atoms with Crippen LogP contribution >= 0.6 is 0 Å². The number of hydrogen-bond donors (Lipinski definition) is 2. The molecule has 0 bridgehead atoms. The number of ether oxygens (including phenoxy) is 1. The Bertz CT molecular complexity index is 862. The van der Waals surface area contributed by atoms with Crippen LogP contribution in [0, 0.1) is 19.7 Å². The molecule has 0 spiro atoms. The Balaban J connectivity index is 1.52. The van der Waals surface area contributed by atoms with Gasteiger partial charge in [0.1, 0.15) is 18.2 Å². The van der Waals surface area contributed by atoms with Crippen molar-refractivity contribution in [1.29, 1.82) is 0 Å². The van der Waals surface area contributed by atoms with Crippen LogP contribution in [0.2, 0.25) is 0 Å². The third-order valence-electron chi connectivity index (χ3n) is 5.60. The SMILES string of the molecule is Cc1cc(F)ccc1CCNC(=NCc1nnc(C)n1C)NCCCN1CCOCC1. The smallest absolute Gasteiger partial charge is 0.191 e. The molecule has 1 aliphatic heterocycles. The van der Waals surface area contributed by atoms with Gasteiger partial charge < -0.3 is 19.9 Å². The minimum absolute atomic E-state index is 0.197. The second kappa shape index (κ2) is 11.8. The first-order valence-corrected chi connectivity index (χ1v) is 10.9. The molecule has 31 heavy (non-hydrogen) atoms. The molecule has 2 aromatic rings. The number of rotatable bonds is 9. The summed E-state index contributed by atoms with van der Waals surface area (Å²) in [6, 6.07) is 4.93. The van der Waals surface area contributed by atoms with E-state index in [0.717, 1.165) is 81.0 Å². The molecule has 0 unspecified atom stereocenters. The first-order valence-electron chi connectivity index (χ1n) is 10.9. The second-order valence-electron chi connectivity index (χ2n) is 7.87. The van der Waals surface area contributed by atoms with Gasteiger partial charge in [-0.2, -0.15) is 0 Å². The molecular weight excluding hydrogens is 397 g/mol. The first kappa shape index (κ1) is 23.1. The van der Waals surface area contributed by atoms with Gasteiger partial charge in [-0.15, -0.1) is 10.2 Å². The Kier molecular flexibility index (Phi) is 8.78. The molecule has 1 saturated heterocycles. The van der Waals surface area contributed by atoms with Crippen molar-refractivity contribution in [3.63, 3.8) is 0 Å². The standard InChI is InChI=1S/C22H34FN7O/c1-17-15-20(23)6-5-19(17)7-9-25-22(26-16-21-28-27-18(2)29(21)3)24-8-4-10-30-11-13-31-14-12-30/h5-6,15H,4,7-14,16H2,1-3H3,(H2,24,25,26). The number of aromatic nitrogens is 3. The minimum atomic E-state index is -0.197. The summed E-state index contributed by atoms with van der Waals surface area (Å²) in [5, 5.41) is 15.1. The predicted octanol–water partition coefficient (Wildman–Crippen LogP) is 1.57. The van der Waals surface area contributed by atoms with Crippen molar-refractivity contribution in [2.45, 2.75) is 33.2 Å². The van der Waals surface area contributed by atoms with E-state index in [1.807, 2.05) is 31.5 Å². The zero-order chi connectivity index (χ0) is 22.1. The molecule has 2 N–H and O–H groups in total. The number of morpholine rings is 1. The van der Waals surface area contributed by atoms with E-state index in [1.165, 1.54) is 6.07 Å². The predicted molar refractivity (Wildman–Crippen MR) is 120 cm³/mol.